The average Bonchev–Trinajstić information content (AvgIpc) is 4.00. The van der Waals surface area contributed by atoms with E-state index >= 15 is 0 Å². The van der Waals surface area contributed by atoms with Crippen molar-refractivity contribution in [2.24, 2.45) is 0 Å². The van der Waals surface area contributed by atoms with Crippen molar-refractivity contribution in [2.75, 3.05) is 14.7 Å². The van der Waals surface area contributed by atoms with Gasteiger partial charge in [-0.1, -0.05) is 189 Å². The average molecular weight is 987 g/mol. The number of para-hydroxylation sites is 3. The Hall–Kier alpha value is -10.2. The number of nitrogens with zero attached hydrogens (tertiary/aromatic N) is 4. The molecule has 366 valence electrons. The van der Waals surface area contributed by atoms with Gasteiger partial charge < -0.3 is 19.3 Å². The standard InChI is InChI=1S/C73H54N4/c1-53-19-7-2-12-24-60-51-67(47-49-71(60)74(53)61-25-13-5-14-26-61)75(63-39-31-56(32-40-63)54-20-8-3-9-21-54)64-43-35-58(36-44-64)59-37-45-66(46-38-59)76(65-41-33-57(34-42-65)55-22-10-4-11-23-55)68-48-50-73-70(52-68)69-29-17-18-30-72(69)77(73)62-27-15-6-16-28-62/h2-23,25-52H,1,24H2/b12-2-,19-7-. The van der Waals surface area contributed by atoms with Crippen LogP contribution in [0.2, 0.25) is 0 Å². The lowest BCUT2D eigenvalue weighted by Gasteiger charge is -2.30. The molecule has 0 unspecified atom stereocenters. The van der Waals surface area contributed by atoms with Gasteiger partial charge in [-0.15, -0.1) is 0 Å². The van der Waals surface area contributed by atoms with Crippen molar-refractivity contribution in [1.82, 2.24) is 4.57 Å². The minimum absolute atomic E-state index is 0.767. The van der Waals surface area contributed by atoms with Crippen LogP contribution in [0.25, 0.3) is 60.9 Å². The highest BCUT2D eigenvalue weighted by molar-refractivity contribution is 6.10. The van der Waals surface area contributed by atoms with Crippen LogP contribution in [-0.2, 0) is 6.42 Å². The molecule has 0 spiro atoms. The monoisotopic (exact) mass is 986 g/mol. The Labute approximate surface area is 450 Å². The lowest BCUT2D eigenvalue weighted by atomic mass is 10.0. The van der Waals surface area contributed by atoms with Crippen LogP contribution in [0.5, 0.6) is 0 Å². The highest BCUT2D eigenvalue weighted by Gasteiger charge is 2.22. The molecule has 0 bridgehead atoms. The van der Waals surface area contributed by atoms with Gasteiger partial charge >= 0.3 is 0 Å². The molecule has 0 saturated carbocycles. The first-order valence-electron chi connectivity index (χ1n) is 26.3. The van der Waals surface area contributed by atoms with E-state index in [0.717, 1.165) is 74.4 Å². The number of hydrogen-bond acceptors (Lipinski definition) is 3. The van der Waals surface area contributed by atoms with E-state index in [1.54, 1.807) is 0 Å². The molecule has 1 aliphatic rings. The summed E-state index contributed by atoms with van der Waals surface area (Å²) in [6.07, 6.45) is 9.27. The second-order valence-corrected chi connectivity index (χ2v) is 19.4. The number of aromatic nitrogens is 1. The first-order chi connectivity index (χ1) is 38.1. The maximum absolute atomic E-state index is 4.51. The van der Waals surface area contributed by atoms with Gasteiger partial charge in [0.2, 0.25) is 0 Å². The summed E-state index contributed by atoms with van der Waals surface area (Å²) in [4.78, 5) is 7.00. The lowest BCUT2D eigenvalue weighted by molar-refractivity contribution is 1.16. The van der Waals surface area contributed by atoms with Crippen LogP contribution in [0.3, 0.4) is 0 Å². The van der Waals surface area contributed by atoms with Crippen LogP contribution < -0.4 is 14.7 Å². The number of hydrogen-bond donors (Lipinski definition) is 0. The minimum atomic E-state index is 0.767. The molecule has 0 fully saturated rings. The van der Waals surface area contributed by atoms with E-state index in [1.807, 2.05) is 0 Å². The third-order valence-corrected chi connectivity index (χ3v) is 14.7. The van der Waals surface area contributed by atoms with Crippen molar-refractivity contribution in [2.45, 2.75) is 6.42 Å². The Bertz CT molecular complexity index is 4090. The van der Waals surface area contributed by atoms with Gasteiger partial charge in [0.1, 0.15) is 0 Å². The van der Waals surface area contributed by atoms with Gasteiger partial charge in [-0.2, -0.15) is 0 Å². The summed E-state index contributed by atoms with van der Waals surface area (Å²) in [5, 5.41) is 2.43. The largest absolute Gasteiger partial charge is 0.311 e. The molecule has 1 aliphatic heterocycles. The number of fused-ring (bicyclic) bond motifs is 4. The molecule has 12 aromatic rings. The van der Waals surface area contributed by atoms with E-state index in [1.165, 1.54) is 49.6 Å². The highest BCUT2D eigenvalue weighted by atomic mass is 15.2. The zero-order chi connectivity index (χ0) is 51.5. The predicted octanol–water partition coefficient (Wildman–Crippen LogP) is 20.0. The molecule has 0 N–H and O–H groups in total. The quantitative estimate of drug-likeness (QED) is 0.128. The van der Waals surface area contributed by atoms with Crippen LogP contribution in [-0.4, -0.2) is 4.57 Å². The SMILES string of the molecule is C=C1/C=C\C=C/Cc2cc(N(c3ccc(-c4ccccc4)cc3)c3ccc(-c4ccc(N(c5ccc(-c6ccccc6)cc5)c5ccc6c(c5)c5ccccc5n6-c5ccccc5)cc4)cc3)ccc2N1c1ccccc1. The van der Waals surface area contributed by atoms with Crippen LogP contribution in [0, 0.1) is 0 Å². The summed E-state index contributed by atoms with van der Waals surface area (Å²) < 4.78 is 2.37. The van der Waals surface area contributed by atoms with Crippen molar-refractivity contribution in [3.63, 3.8) is 0 Å². The smallest absolute Gasteiger partial charge is 0.0542 e. The van der Waals surface area contributed by atoms with Crippen molar-refractivity contribution in [3.8, 4) is 39.1 Å². The third kappa shape index (κ3) is 9.19. The summed E-state index contributed by atoms with van der Waals surface area (Å²) in [7, 11) is 0. The maximum Gasteiger partial charge on any atom is 0.0542 e. The molecule has 2 heterocycles. The van der Waals surface area contributed by atoms with Crippen LogP contribution in [0.15, 0.2) is 316 Å². The van der Waals surface area contributed by atoms with E-state index in [4.69, 9.17) is 0 Å². The zero-order valence-corrected chi connectivity index (χ0v) is 42.6. The number of allylic oxidation sites excluding steroid dienone is 4. The highest BCUT2D eigenvalue weighted by Crippen LogP contribution is 2.44. The van der Waals surface area contributed by atoms with Gasteiger partial charge in [0.05, 0.1) is 11.0 Å². The van der Waals surface area contributed by atoms with E-state index < -0.39 is 0 Å². The van der Waals surface area contributed by atoms with Crippen LogP contribution >= 0.6 is 0 Å². The molecule has 0 atom stereocenters. The summed E-state index contributed by atoms with van der Waals surface area (Å²) in [5.74, 6) is 0. The topological polar surface area (TPSA) is 14.7 Å². The molecule has 1 aromatic heterocycles. The summed E-state index contributed by atoms with van der Waals surface area (Å²) in [6.45, 7) is 4.51. The second-order valence-electron chi connectivity index (χ2n) is 19.4. The Morgan fingerprint density at radius 3 is 1.25 bits per heavy atom. The van der Waals surface area contributed by atoms with Crippen molar-refractivity contribution < 1.29 is 0 Å². The fourth-order valence-corrected chi connectivity index (χ4v) is 11.0. The van der Waals surface area contributed by atoms with E-state index in [0.29, 0.717) is 0 Å². The molecule has 4 heteroatoms. The molecular weight excluding hydrogens is 933 g/mol. The first-order valence-corrected chi connectivity index (χ1v) is 26.3. The van der Waals surface area contributed by atoms with Gasteiger partial charge in [0.15, 0.2) is 0 Å². The van der Waals surface area contributed by atoms with Gasteiger partial charge in [-0.25, -0.2) is 0 Å². The summed E-state index contributed by atoms with van der Waals surface area (Å²) in [5.41, 5.74) is 21.3. The molecular formula is C73H54N4. The van der Waals surface area contributed by atoms with Crippen LogP contribution in [0.1, 0.15) is 5.56 Å². The van der Waals surface area contributed by atoms with E-state index in [-0.39, 0.29) is 0 Å². The summed E-state index contributed by atoms with van der Waals surface area (Å²) in [6, 6.07) is 101. The molecule has 0 aliphatic carbocycles. The molecule has 77 heavy (non-hydrogen) atoms. The predicted molar refractivity (Wildman–Crippen MR) is 326 cm³/mol. The van der Waals surface area contributed by atoms with E-state index in [9.17, 15) is 0 Å². The number of anilines is 8. The Kier molecular flexibility index (Phi) is 12.5. The molecule has 11 aromatic carbocycles. The molecule has 0 amide bonds. The molecule has 0 saturated heterocycles. The van der Waals surface area contributed by atoms with Gasteiger partial charge in [0, 0.05) is 67.7 Å². The minimum Gasteiger partial charge on any atom is -0.311 e. The third-order valence-electron chi connectivity index (χ3n) is 14.7. The second kappa shape index (κ2) is 20.6. The zero-order valence-electron chi connectivity index (χ0n) is 42.6. The molecule has 0 radical (unpaired) electrons. The van der Waals surface area contributed by atoms with Gasteiger partial charge in [-0.05, 0) is 167 Å². The molecule has 4 nitrogen and oxygen atoms in total. The molecule has 13 rings (SSSR count). The summed E-state index contributed by atoms with van der Waals surface area (Å²) >= 11 is 0. The van der Waals surface area contributed by atoms with Crippen molar-refractivity contribution in [1.29, 1.82) is 0 Å². The maximum atomic E-state index is 4.51. The Morgan fingerprint density at radius 2 is 0.727 bits per heavy atom. The number of benzene rings is 11. The van der Waals surface area contributed by atoms with Crippen molar-refractivity contribution >= 4 is 67.3 Å². The van der Waals surface area contributed by atoms with Gasteiger partial charge in [-0.3, -0.25) is 0 Å². The van der Waals surface area contributed by atoms with Crippen molar-refractivity contribution in [3.05, 3.63) is 321 Å². The van der Waals surface area contributed by atoms with Gasteiger partial charge in [0.25, 0.3) is 0 Å². The van der Waals surface area contributed by atoms with E-state index in [2.05, 4.69) is 329 Å². The fourth-order valence-electron chi connectivity index (χ4n) is 11.0. The fraction of sp³-hybridized carbons (Fsp3) is 0.0137. The first kappa shape index (κ1) is 46.6. The number of rotatable bonds is 11. The Morgan fingerprint density at radius 1 is 0.325 bits per heavy atom. The Balaban J connectivity index is 0.870. The van der Waals surface area contributed by atoms with Crippen LogP contribution in [0.4, 0.5) is 45.5 Å². The lowest BCUT2D eigenvalue weighted by Crippen LogP contribution is -2.17. The normalized spacial score (nSPS) is 13.1.